The van der Waals surface area contributed by atoms with Gasteiger partial charge in [-0.3, -0.25) is 0 Å². The third-order valence-corrected chi connectivity index (χ3v) is 9.21. The Morgan fingerprint density at radius 1 is 1.19 bits per heavy atom. The Balaban J connectivity index is 1.71. The van der Waals surface area contributed by atoms with E-state index in [1.54, 1.807) is 24.5 Å². The molecule has 0 bridgehead atoms. The van der Waals surface area contributed by atoms with E-state index >= 15 is 0 Å². The molecule has 0 saturated carbocycles. The molecule has 0 amide bonds. The van der Waals surface area contributed by atoms with E-state index in [0.717, 1.165) is 25.0 Å². The number of fused-ring (bicyclic) bond motifs is 1. The molecule has 2 saturated heterocycles. The van der Waals surface area contributed by atoms with Crippen LogP contribution in [-0.4, -0.2) is 75.2 Å². The van der Waals surface area contributed by atoms with E-state index in [4.69, 9.17) is 24.0 Å². The van der Waals surface area contributed by atoms with E-state index in [9.17, 15) is 9.79 Å². The van der Waals surface area contributed by atoms with Gasteiger partial charge in [0.15, 0.2) is 0 Å². The third-order valence-electron chi connectivity index (χ3n) is 6.97. The van der Waals surface area contributed by atoms with Crippen molar-refractivity contribution >= 4 is 29.3 Å². The minimum absolute atomic E-state index is 0.0738. The quantitative estimate of drug-likeness (QED) is 0.441. The fourth-order valence-corrected chi connectivity index (χ4v) is 6.94. The molecule has 3 aromatic rings. The fourth-order valence-electron chi connectivity index (χ4n) is 4.99. The molecule has 11 heteroatoms. The Morgan fingerprint density at radius 2 is 2.03 bits per heavy atom. The SMILES string of the molecule is CC(C)COP(C)(O)(O)c1cc(N2CCOC[C@H]2C)nc2c(-c3ccnn3C3CCCCO3)nccc12. The molecule has 37 heavy (non-hydrogen) atoms. The van der Waals surface area contributed by atoms with Gasteiger partial charge >= 0.3 is 218 Å². The van der Waals surface area contributed by atoms with E-state index in [1.165, 1.54) is 6.66 Å². The molecule has 2 atom stereocenters. The predicted molar refractivity (Wildman–Crippen MR) is 145 cm³/mol. The molecule has 2 aliphatic rings. The van der Waals surface area contributed by atoms with Gasteiger partial charge in [0.25, 0.3) is 0 Å². The van der Waals surface area contributed by atoms with Crippen LogP contribution in [0.25, 0.3) is 22.3 Å². The Hall–Kier alpha value is -2.20. The molecule has 10 nitrogen and oxygen atoms in total. The molecule has 5 rings (SSSR count). The van der Waals surface area contributed by atoms with Gasteiger partial charge in [-0.25, -0.2) is 0 Å². The summed E-state index contributed by atoms with van der Waals surface area (Å²) < 4.78 is 19.4. The molecule has 202 valence electrons. The van der Waals surface area contributed by atoms with Gasteiger partial charge < -0.3 is 0 Å². The van der Waals surface area contributed by atoms with Crippen molar-refractivity contribution in [2.24, 2.45) is 5.92 Å². The minimum atomic E-state index is -4.75. The van der Waals surface area contributed by atoms with Crippen LogP contribution in [0.1, 0.15) is 46.3 Å². The number of morpholine rings is 1. The van der Waals surface area contributed by atoms with Crippen LogP contribution in [0.2, 0.25) is 0 Å². The molecule has 5 heterocycles. The number of hydrogen-bond donors (Lipinski definition) is 2. The predicted octanol–water partition coefficient (Wildman–Crippen LogP) is 3.63. The molecule has 0 aliphatic carbocycles. The maximum atomic E-state index is 11.7. The number of nitrogens with zero attached hydrogens (tertiary/aromatic N) is 5. The molecule has 0 aromatic carbocycles. The fraction of sp³-hybridized carbons (Fsp3) is 0.577. The molecular formula is C26H38N5O5P. The summed E-state index contributed by atoms with van der Waals surface area (Å²) in [6.45, 7) is 10.1. The Kier molecular flexibility index (Phi) is 7.26. The van der Waals surface area contributed by atoms with Gasteiger partial charge in [-0.1, -0.05) is 0 Å². The summed E-state index contributed by atoms with van der Waals surface area (Å²) in [6.07, 6.45) is 6.23. The maximum absolute atomic E-state index is 11.7. The summed E-state index contributed by atoms with van der Waals surface area (Å²) in [5, 5.41) is 5.50. The van der Waals surface area contributed by atoms with Crippen LogP contribution in [0.15, 0.2) is 30.6 Å². The van der Waals surface area contributed by atoms with Gasteiger partial charge in [0.2, 0.25) is 0 Å². The van der Waals surface area contributed by atoms with Crippen molar-refractivity contribution in [3.05, 3.63) is 30.6 Å². The van der Waals surface area contributed by atoms with E-state index in [1.807, 2.05) is 24.6 Å². The summed E-state index contributed by atoms with van der Waals surface area (Å²) in [6, 6.07) is 5.53. The van der Waals surface area contributed by atoms with E-state index < -0.39 is 7.28 Å². The summed E-state index contributed by atoms with van der Waals surface area (Å²) in [4.78, 5) is 35.3. The molecule has 0 spiro atoms. The summed E-state index contributed by atoms with van der Waals surface area (Å²) in [5.74, 6) is 0.772. The average molecular weight is 532 g/mol. The van der Waals surface area contributed by atoms with Crippen LogP contribution in [0, 0.1) is 5.92 Å². The third kappa shape index (κ3) is 5.37. The molecule has 0 radical (unpaired) electrons. The molecular weight excluding hydrogens is 493 g/mol. The monoisotopic (exact) mass is 531 g/mol. The van der Waals surface area contributed by atoms with Gasteiger partial charge in [-0.15, -0.1) is 0 Å². The van der Waals surface area contributed by atoms with Crippen molar-refractivity contribution in [1.29, 1.82) is 0 Å². The Labute approximate surface area is 217 Å². The standard InChI is InChI=1S/C26H38N5O5P/c1-18(2)16-36-37(4,32,33)22-15-23(30-12-14-34-17-19(30)3)29-25-20(22)8-10-27-26(25)21-9-11-28-31(21)24-7-5-6-13-35-24/h8-11,15,18-19,24,32-33H,5-7,12-14,16-17H2,1-4H3/t19-,24?/m1/s1. The molecule has 2 fully saturated rings. The summed E-state index contributed by atoms with van der Waals surface area (Å²) in [5.41, 5.74) is 1.96. The second-order valence-electron chi connectivity index (χ2n) is 10.7. The topological polar surface area (TPSA) is 115 Å². The van der Waals surface area contributed by atoms with Gasteiger partial charge in [-0.05, 0) is 0 Å². The van der Waals surface area contributed by atoms with Crippen LogP contribution in [-0.2, 0) is 14.0 Å². The number of anilines is 1. The zero-order valence-electron chi connectivity index (χ0n) is 22.1. The molecule has 2 N–H and O–H groups in total. The number of hydrogen-bond acceptors (Lipinski definition) is 9. The van der Waals surface area contributed by atoms with Gasteiger partial charge in [0.05, 0.1) is 0 Å². The van der Waals surface area contributed by atoms with Crippen LogP contribution in [0.3, 0.4) is 0 Å². The number of rotatable bonds is 7. The van der Waals surface area contributed by atoms with Gasteiger partial charge in [-0.2, -0.15) is 0 Å². The molecule has 3 aromatic heterocycles. The Morgan fingerprint density at radius 3 is 2.76 bits per heavy atom. The van der Waals surface area contributed by atoms with Crippen molar-refractivity contribution in [1.82, 2.24) is 19.7 Å². The zero-order valence-corrected chi connectivity index (χ0v) is 23.0. The average Bonchev–Trinajstić information content (AvgIpc) is 3.37. The molecule has 2 aliphatic heterocycles. The van der Waals surface area contributed by atoms with Crippen molar-refractivity contribution in [2.75, 3.05) is 44.5 Å². The van der Waals surface area contributed by atoms with Crippen molar-refractivity contribution in [3.63, 3.8) is 0 Å². The number of ether oxygens (including phenoxy) is 2. The van der Waals surface area contributed by atoms with Crippen LogP contribution >= 0.6 is 7.28 Å². The normalized spacial score (nSPS) is 22.4. The number of aromatic nitrogens is 4. The van der Waals surface area contributed by atoms with Crippen molar-refractivity contribution < 1.29 is 23.8 Å². The first-order valence-corrected chi connectivity index (χ1v) is 15.6. The van der Waals surface area contributed by atoms with Crippen LogP contribution in [0.4, 0.5) is 5.82 Å². The summed E-state index contributed by atoms with van der Waals surface area (Å²) in [7, 11) is -4.75. The van der Waals surface area contributed by atoms with Crippen LogP contribution in [0.5, 0.6) is 0 Å². The first-order valence-electron chi connectivity index (χ1n) is 13.1. The van der Waals surface area contributed by atoms with E-state index in [-0.39, 0.29) is 24.8 Å². The zero-order chi connectivity index (χ0) is 26.2. The molecule has 1 unspecified atom stereocenters. The van der Waals surface area contributed by atoms with Gasteiger partial charge in [0.1, 0.15) is 0 Å². The second-order valence-corrected chi connectivity index (χ2v) is 14.1. The van der Waals surface area contributed by atoms with Crippen molar-refractivity contribution in [3.8, 4) is 11.4 Å². The van der Waals surface area contributed by atoms with Crippen LogP contribution < -0.4 is 10.2 Å². The van der Waals surface area contributed by atoms with Gasteiger partial charge in [0, 0.05) is 0 Å². The van der Waals surface area contributed by atoms with E-state index in [2.05, 4.69) is 16.9 Å². The van der Waals surface area contributed by atoms with E-state index in [0.29, 0.717) is 54.1 Å². The first kappa shape index (κ1) is 26.4. The van der Waals surface area contributed by atoms with Crippen molar-refractivity contribution in [2.45, 2.75) is 52.3 Å². The first-order chi connectivity index (χ1) is 17.6. The summed E-state index contributed by atoms with van der Waals surface area (Å²) >= 11 is 0. The number of pyridine rings is 2. The Bertz CT molecular complexity index is 1250. The second kappa shape index (κ2) is 10.2.